The van der Waals surface area contributed by atoms with Crippen LogP contribution < -0.4 is 10.1 Å². The first kappa shape index (κ1) is 12.5. The molecule has 1 N–H and O–H groups in total. The summed E-state index contributed by atoms with van der Waals surface area (Å²) >= 11 is 0. The molecule has 1 rings (SSSR count). The summed E-state index contributed by atoms with van der Waals surface area (Å²) in [5.41, 5.74) is 0.851. The number of nitrogens with one attached hydrogen (secondary N) is 1. The van der Waals surface area contributed by atoms with Gasteiger partial charge in [-0.15, -0.1) is 0 Å². The minimum absolute atomic E-state index is 0.369. The van der Waals surface area contributed by atoms with Crippen molar-refractivity contribution in [2.75, 3.05) is 27.4 Å². The Morgan fingerprint density at radius 3 is 2.75 bits per heavy atom. The molecule has 0 bridgehead atoms. The quantitative estimate of drug-likeness (QED) is 0.738. The zero-order valence-electron chi connectivity index (χ0n) is 9.56. The Balaban J connectivity index is 2.75. The van der Waals surface area contributed by atoms with Gasteiger partial charge in [-0.2, -0.15) is 5.26 Å². The van der Waals surface area contributed by atoms with Crippen molar-refractivity contribution in [3.63, 3.8) is 0 Å². The van der Waals surface area contributed by atoms with Gasteiger partial charge in [0, 0.05) is 19.2 Å². The molecular formula is C12H16N2O2. The second kappa shape index (κ2) is 6.83. The molecule has 0 fully saturated rings. The molecule has 0 amide bonds. The van der Waals surface area contributed by atoms with Crippen molar-refractivity contribution < 1.29 is 9.47 Å². The monoisotopic (exact) mass is 220 g/mol. The summed E-state index contributed by atoms with van der Waals surface area (Å²) in [6, 6.07) is 9.33. The van der Waals surface area contributed by atoms with Crippen LogP contribution in [0.15, 0.2) is 24.3 Å². The summed E-state index contributed by atoms with van der Waals surface area (Å²) in [6.07, 6.45) is 0. The van der Waals surface area contributed by atoms with Crippen molar-refractivity contribution >= 4 is 0 Å². The van der Waals surface area contributed by atoms with Crippen molar-refractivity contribution in [3.8, 4) is 11.8 Å². The Morgan fingerprint density at radius 1 is 1.38 bits per heavy atom. The van der Waals surface area contributed by atoms with E-state index in [-0.39, 0.29) is 6.04 Å². The molecular weight excluding hydrogens is 204 g/mol. The van der Waals surface area contributed by atoms with Gasteiger partial charge in [-0.1, -0.05) is 18.2 Å². The lowest BCUT2D eigenvalue weighted by Gasteiger charge is -2.14. The highest BCUT2D eigenvalue weighted by Crippen LogP contribution is 2.23. The lowest BCUT2D eigenvalue weighted by Crippen LogP contribution is -2.24. The standard InChI is InChI=1S/C12H16N2O2/c1-15-8-7-14-11(9-13)10-5-3-4-6-12(10)16-2/h3-6,11,14H,7-8H2,1-2H3. The number of hydrogen-bond acceptors (Lipinski definition) is 4. The Kier molecular flexibility index (Phi) is 5.34. The van der Waals surface area contributed by atoms with Crippen LogP contribution in [0.2, 0.25) is 0 Å². The third kappa shape index (κ3) is 3.23. The number of benzene rings is 1. The Hall–Kier alpha value is -1.57. The second-order valence-electron chi connectivity index (χ2n) is 3.25. The molecule has 0 saturated heterocycles. The maximum absolute atomic E-state index is 9.09. The number of hydrogen-bond donors (Lipinski definition) is 1. The lowest BCUT2D eigenvalue weighted by atomic mass is 10.1. The SMILES string of the molecule is COCCNC(C#N)c1ccccc1OC. The van der Waals surface area contributed by atoms with E-state index in [1.165, 1.54) is 0 Å². The molecule has 1 unspecified atom stereocenters. The molecule has 1 aromatic carbocycles. The Labute approximate surface area is 95.8 Å². The van der Waals surface area contributed by atoms with Crippen LogP contribution in [0.3, 0.4) is 0 Å². The fourth-order valence-electron chi connectivity index (χ4n) is 1.44. The van der Waals surface area contributed by atoms with Crippen molar-refractivity contribution in [1.29, 1.82) is 5.26 Å². The number of rotatable bonds is 6. The van der Waals surface area contributed by atoms with Crippen LogP contribution in [0, 0.1) is 11.3 Å². The highest BCUT2D eigenvalue weighted by molar-refractivity contribution is 5.38. The van der Waals surface area contributed by atoms with E-state index in [0.717, 1.165) is 11.3 Å². The molecule has 4 nitrogen and oxygen atoms in total. The smallest absolute Gasteiger partial charge is 0.125 e. The van der Waals surface area contributed by atoms with Gasteiger partial charge < -0.3 is 9.47 Å². The molecule has 0 aliphatic heterocycles. The maximum atomic E-state index is 9.09. The van der Waals surface area contributed by atoms with Gasteiger partial charge in [0.15, 0.2) is 0 Å². The van der Waals surface area contributed by atoms with Gasteiger partial charge in [0.05, 0.1) is 19.8 Å². The summed E-state index contributed by atoms with van der Waals surface area (Å²) in [5.74, 6) is 0.721. The van der Waals surface area contributed by atoms with Gasteiger partial charge in [0.1, 0.15) is 11.8 Å². The van der Waals surface area contributed by atoms with E-state index in [1.807, 2.05) is 24.3 Å². The van der Waals surface area contributed by atoms with Gasteiger partial charge in [-0.3, -0.25) is 5.32 Å². The van der Waals surface area contributed by atoms with Gasteiger partial charge >= 0.3 is 0 Å². The highest BCUT2D eigenvalue weighted by atomic mass is 16.5. The number of methoxy groups -OCH3 is 2. The zero-order chi connectivity index (χ0) is 11.8. The molecule has 1 aromatic rings. The molecule has 0 spiro atoms. The first-order chi connectivity index (χ1) is 7.83. The van der Waals surface area contributed by atoms with E-state index in [9.17, 15) is 0 Å². The minimum Gasteiger partial charge on any atom is -0.496 e. The van der Waals surface area contributed by atoms with E-state index in [1.54, 1.807) is 14.2 Å². The van der Waals surface area contributed by atoms with Gasteiger partial charge in [0.2, 0.25) is 0 Å². The van der Waals surface area contributed by atoms with Crippen LogP contribution in [0.1, 0.15) is 11.6 Å². The second-order valence-corrected chi connectivity index (χ2v) is 3.25. The molecule has 0 radical (unpaired) electrons. The van der Waals surface area contributed by atoms with Crippen molar-refractivity contribution in [2.24, 2.45) is 0 Å². The molecule has 0 saturated carbocycles. The first-order valence-corrected chi connectivity index (χ1v) is 5.08. The van der Waals surface area contributed by atoms with Gasteiger partial charge in [-0.05, 0) is 6.07 Å². The third-order valence-corrected chi connectivity index (χ3v) is 2.23. The molecule has 86 valence electrons. The summed E-state index contributed by atoms with van der Waals surface area (Å²) in [7, 11) is 3.23. The fourth-order valence-corrected chi connectivity index (χ4v) is 1.44. The minimum atomic E-state index is -0.369. The average Bonchev–Trinajstić information content (AvgIpc) is 2.35. The number of para-hydroxylation sites is 1. The van der Waals surface area contributed by atoms with Crippen molar-refractivity contribution in [1.82, 2.24) is 5.32 Å². The van der Waals surface area contributed by atoms with Gasteiger partial charge in [-0.25, -0.2) is 0 Å². The topological polar surface area (TPSA) is 54.3 Å². The van der Waals surface area contributed by atoms with E-state index >= 15 is 0 Å². The Morgan fingerprint density at radius 2 is 2.12 bits per heavy atom. The predicted octanol–water partition coefficient (Wildman–Crippen LogP) is 1.50. The first-order valence-electron chi connectivity index (χ1n) is 5.08. The van der Waals surface area contributed by atoms with Crippen LogP contribution in [0.4, 0.5) is 0 Å². The van der Waals surface area contributed by atoms with Crippen LogP contribution in [0.5, 0.6) is 5.75 Å². The molecule has 1 atom stereocenters. The van der Waals surface area contributed by atoms with Crippen molar-refractivity contribution in [2.45, 2.75) is 6.04 Å². The van der Waals surface area contributed by atoms with Crippen LogP contribution in [-0.4, -0.2) is 27.4 Å². The molecule has 4 heteroatoms. The fraction of sp³-hybridized carbons (Fsp3) is 0.417. The molecule has 0 aliphatic rings. The summed E-state index contributed by atoms with van der Waals surface area (Å²) in [5, 5.41) is 12.2. The molecule has 0 heterocycles. The highest BCUT2D eigenvalue weighted by Gasteiger charge is 2.13. The van der Waals surface area contributed by atoms with Crippen LogP contribution in [-0.2, 0) is 4.74 Å². The predicted molar refractivity (Wildman–Crippen MR) is 61.2 cm³/mol. The van der Waals surface area contributed by atoms with E-state index < -0.39 is 0 Å². The largest absolute Gasteiger partial charge is 0.496 e. The number of nitriles is 1. The molecule has 16 heavy (non-hydrogen) atoms. The molecule has 0 aliphatic carbocycles. The third-order valence-electron chi connectivity index (χ3n) is 2.23. The molecule has 0 aromatic heterocycles. The normalized spacial score (nSPS) is 11.8. The summed E-state index contributed by atoms with van der Waals surface area (Å²) in [4.78, 5) is 0. The lowest BCUT2D eigenvalue weighted by molar-refractivity contribution is 0.197. The maximum Gasteiger partial charge on any atom is 0.125 e. The van der Waals surface area contributed by atoms with Crippen LogP contribution >= 0.6 is 0 Å². The van der Waals surface area contributed by atoms with E-state index in [4.69, 9.17) is 14.7 Å². The summed E-state index contributed by atoms with van der Waals surface area (Å²) < 4.78 is 10.1. The average molecular weight is 220 g/mol. The van der Waals surface area contributed by atoms with Crippen molar-refractivity contribution in [3.05, 3.63) is 29.8 Å². The van der Waals surface area contributed by atoms with Gasteiger partial charge in [0.25, 0.3) is 0 Å². The Bertz CT molecular complexity index is 360. The van der Waals surface area contributed by atoms with Crippen LogP contribution in [0.25, 0.3) is 0 Å². The van der Waals surface area contributed by atoms with E-state index in [2.05, 4.69) is 11.4 Å². The van der Waals surface area contributed by atoms with E-state index in [0.29, 0.717) is 13.2 Å². The summed E-state index contributed by atoms with van der Waals surface area (Å²) in [6.45, 7) is 1.21. The zero-order valence-corrected chi connectivity index (χ0v) is 9.56. The number of ether oxygens (including phenoxy) is 2. The number of nitrogens with zero attached hydrogens (tertiary/aromatic N) is 1.